The number of ketones is 1. The molecule has 1 atom stereocenters. The molecule has 0 radical (unpaired) electrons. The number of alkyl halides is 2. The van der Waals surface area contributed by atoms with Gasteiger partial charge in [0.15, 0.2) is 0 Å². The first-order chi connectivity index (χ1) is 6.00. The van der Waals surface area contributed by atoms with Crippen molar-refractivity contribution in [3.8, 4) is 0 Å². The summed E-state index contributed by atoms with van der Waals surface area (Å²) in [6.07, 6.45) is 0.212. The van der Waals surface area contributed by atoms with Gasteiger partial charge in [-0.05, 0) is 35.1 Å². The fourth-order valence-electron chi connectivity index (χ4n) is 1.61. The molecule has 1 aromatic carbocycles. The zero-order valence-electron chi connectivity index (χ0n) is 7.10. The lowest BCUT2D eigenvalue weighted by Crippen LogP contribution is -2.21. The Hall–Kier alpha value is -0.450. The van der Waals surface area contributed by atoms with E-state index in [4.69, 9.17) is 0 Å². The normalized spacial score (nSPS) is 26.2. The van der Waals surface area contributed by atoms with Crippen molar-refractivity contribution in [1.29, 1.82) is 0 Å². The Balaban J connectivity index is 2.57. The van der Waals surface area contributed by atoms with Gasteiger partial charge in [0.1, 0.15) is 0 Å². The van der Waals surface area contributed by atoms with E-state index in [9.17, 15) is 9.18 Å². The van der Waals surface area contributed by atoms with Crippen LogP contribution in [0.4, 0.5) is 4.39 Å². The number of carbonyl (C=O) groups excluding carboxylic acids is 1. The van der Waals surface area contributed by atoms with Gasteiger partial charge in [0.25, 0.3) is 0 Å². The molecule has 13 heavy (non-hydrogen) atoms. The van der Waals surface area contributed by atoms with Crippen molar-refractivity contribution in [2.45, 2.75) is 17.0 Å². The molecule has 1 aliphatic carbocycles. The highest BCUT2D eigenvalue weighted by Gasteiger charge is 2.43. The quantitative estimate of drug-likeness (QED) is 0.530. The molecule has 1 aliphatic rings. The Bertz CT molecular complexity index is 385. The van der Waals surface area contributed by atoms with E-state index in [1.807, 2.05) is 19.1 Å². The van der Waals surface area contributed by atoms with Gasteiger partial charge in [-0.2, -0.15) is 0 Å². The average molecular weight is 290 g/mol. The Morgan fingerprint density at radius 2 is 2.23 bits per heavy atom. The topological polar surface area (TPSA) is 17.1 Å². The Morgan fingerprint density at radius 3 is 2.92 bits per heavy atom. The molecule has 0 fully saturated rings. The van der Waals surface area contributed by atoms with Crippen LogP contribution in [-0.2, 0) is 6.42 Å². The third-order valence-electron chi connectivity index (χ3n) is 2.25. The molecular formula is C10H8FIO. The van der Waals surface area contributed by atoms with Crippen LogP contribution >= 0.6 is 22.6 Å². The van der Waals surface area contributed by atoms with E-state index in [1.54, 1.807) is 28.7 Å². The van der Waals surface area contributed by atoms with Crippen LogP contribution in [0.15, 0.2) is 18.2 Å². The first kappa shape index (κ1) is 9.12. The van der Waals surface area contributed by atoms with Gasteiger partial charge in [0.2, 0.25) is 9.46 Å². The van der Waals surface area contributed by atoms with Crippen LogP contribution in [0.25, 0.3) is 0 Å². The van der Waals surface area contributed by atoms with Crippen LogP contribution in [0.2, 0.25) is 0 Å². The maximum absolute atomic E-state index is 13.6. The molecule has 0 saturated heterocycles. The molecule has 0 aromatic heterocycles. The minimum Gasteiger partial charge on any atom is -0.290 e. The lowest BCUT2D eigenvalue weighted by molar-refractivity contribution is 0.0882. The maximum atomic E-state index is 13.6. The number of fused-ring (bicyclic) bond motifs is 1. The van der Waals surface area contributed by atoms with Gasteiger partial charge in [-0.15, -0.1) is 0 Å². The third-order valence-corrected chi connectivity index (χ3v) is 3.12. The molecule has 68 valence electrons. The fourth-order valence-corrected chi connectivity index (χ4v) is 2.31. The number of hydrogen-bond acceptors (Lipinski definition) is 1. The van der Waals surface area contributed by atoms with Crippen LogP contribution < -0.4 is 0 Å². The average Bonchev–Trinajstić information content (AvgIpc) is 2.22. The molecule has 0 aliphatic heterocycles. The molecule has 0 N–H and O–H groups in total. The van der Waals surface area contributed by atoms with E-state index < -0.39 is 3.68 Å². The fraction of sp³-hybridized carbons (Fsp3) is 0.300. The van der Waals surface area contributed by atoms with Gasteiger partial charge in [-0.25, -0.2) is 4.39 Å². The van der Waals surface area contributed by atoms with E-state index >= 15 is 0 Å². The van der Waals surface area contributed by atoms with Gasteiger partial charge >= 0.3 is 0 Å². The SMILES string of the molecule is Cc1ccc2c(c1)CC(F)(I)C2=O. The standard InChI is InChI=1S/C10H8FIO/c1-6-2-3-8-7(4-6)5-10(11,12)9(8)13/h2-4H,5H2,1H3. The molecule has 1 unspecified atom stereocenters. The monoisotopic (exact) mass is 290 g/mol. The summed E-state index contributed by atoms with van der Waals surface area (Å²) in [5.74, 6) is -0.386. The van der Waals surface area contributed by atoms with Gasteiger partial charge < -0.3 is 0 Å². The van der Waals surface area contributed by atoms with Crippen LogP contribution in [-0.4, -0.2) is 9.46 Å². The minimum atomic E-state index is -1.71. The molecule has 0 bridgehead atoms. The molecule has 0 spiro atoms. The van der Waals surface area contributed by atoms with Gasteiger partial charge in [0, 0.05) is 12.0 Å². The number of benzene rings is 1. The van der Waals surface area contributed by atoms with Gasteiger partial charge in [-0.3, -0.25) is 4.79 Å². The molecule has 0 amide bonds. The smallest absolute Gasteiger partial charge is 0.227 e. The number of Topliss-reactive ketones (excluding diaryl/α,β-unsaturated/α-hetero) is 1. The minimum absolute atomic E-state index is 0.212. The largest absolute Gasteiger partial charge is 0.290 e. The predicted molar refractivity (Wildman–Crippen MR) is 57.1 cm³/mol. The third kappa shape index (κ3) is 1.39. The highest BCUT2D eigenvalue weighted by molar-refractivity contribution is 14.1. The Morgan fingerprint density at radius 1 is 1.54 bits per heavy atom. The van der Waals surface area contributed by atoms with Crippen molar-refractivity contribution in [3.63, 3.8) is 0 Å². The molecule has 0 saturated carbocycles. The highest BCUT2D eigenvalue weighted by Crippen LogP contribution is 2.38. The Labute approximate surface area is 89.5 Å². The van der Waals surface area contributed by atoms with E-state index in [1.165, 1.54) is 0 Å². The van der Waals surface area contributed by atoms with E-state index in [2.05, 4.69) is 0 Å². The van der Waals surface area contributed by atoms with Crippen molar-refractivity contribution < 1.29 is 9.18 Å². The summed E-state index contributed by atoms with van der Waals surface area (Å²) in [4.78, 5) is 11.4. The molecule has 1 nitrogen and oxygen atoms in total. The van der Waals surface area contributed by atoms with Crippen molar-refractivity contribution in [2.75, 3.05) is 0 Å². The van der Waals surface area contributed by atoms with Crippen LogP contribution in [0.3, 0.4) is 0 Å². The lowest BCUT2D eigenvalue weighted by atomic mass is 10.1. The van der Waals surface area contributed by atoms with Gasteiger partial charge in [0.05, 0.1) is 0 Å². The molecule has 0 heterocycles. The van der Waals surface area contributed by atoms with Crippen LogP contribution in [0.1, 0.15) is 21.5 Å². The summed E-state index contributed by atoms with van der Waals surface area (Å²) in [5.41, 5.74) is 2.45. The number of aryl methyl sites for hydroxylation is 1. The summed E-state index contributed by atoms with van der Waals surface area (Å²) in [6.45, 7) is 1.94. The van der Waals surface area contributed by atoms with E-state index in [-0.39, 0.29) is 12.2 Å². The number of rotatable bonds is 0. The zero-order chi connectivity index (χ0) is 9.64. The highest BCUT2D eigenvalue weighted by atomic mass is 127. The lowest BCUT2D eigenvalue weighted by Gasteiger charge is -2.05. The number of carbonyl (C=O) groups is 1. The van der Waals surface area contributed by atoms with Gasteiger partial charge in [-0.1, -0.05) is 23.8 Å². The number of halogens is 2. The maximum Gasteiger partial charge on any atom is 0.227 e. The van der Waals surface area contributed by atoms with Crippen molar-refractivity contribution >= 4 is 28.4 Å². The summed E-state index contributed by atoms with van der Waals surface area (Å²) >= 11 is 1.58. The molecule has 3 heteroatoms. The molecule has 1 aromatic rings. The van der Waals surface area contributed by atoms with E-state index in [0.717, 1.165) is 11.1 Å². The van der Waals surface area contributed by atoms with Crippen LogP contribution in [0, 0.1) is 6.92 Å². The Kier molecular flexibility index (Phi) is 1.94. The second-order valence-corrected chi connectivity index (χ2v) is 5.08. The summed E-state index contributed by atoms with van der Waals surface area (Å²) in [7, 11) is 0. The van der Waals surface area contributed by atoms with Crippen molar-refractivity contribution in [2.24, 2.45) is 0 Å². The van der Waals surface area contributed by atoms with E-state index in [0.29, 0.717) is 5.56 Å². The first-order valence-corrected chi connectivity index (χ1v) is 5.11. The van der Waals surface area contributed by atoms with Crippen molar-refractivity contribution in [3.05, 3.63) is 34.9 Å². The van der Waals surface area contributed by atoms with Crippen LogP contribution in [0.5, 0.6) is 0 Å². The summed E-state index contributed by atoms with van der Waals surface area (Å²) in [6, 6.07) is 5.44. The molecular weight excluding hydrogens is 282 g/mol. The second kappa shape index (κ2) is 2.77. The predicted octanol–water partition coefficient (Wildman–Crippen LogP) is 2.83. The summed E-state index contributed by atoms with van der Waals surface area (Å²) < 4.78 is 11.9. The second-order valence-electron chi connectivity index (χ2n) is 3.37. The zero-order valence-corrected chi connectivity index (χ0v) is 9.26. The first-order valence-electron chi connectivity index (χ1n) is 4.03. The van der Waals surface area contributed by atoms with Crippen molar-refractivity contribution in [1.82, 2.24) is 0 Å². The number of hydrogen-bond donors (Lipinski definition) is 0. The summed E-state index contributed by atoms with van der Waals surface area (Å²) in [5, 5.41) is 0. The molecule has 2 rings (SSSR count).